The monoisotopic (exact) mass is 440 g/mol. The minimum absolute atomic E-state index is 0.191. The van der Waals surface area contributed by atoms with Crippen molar-refractivity contribution in [1.29, 1.82) is 0 Å². The Morgan fingerprint density at radius 2 is 1.73 bits per heavy atom. The number of thioether (sulfide) groups is 1. The summed E-state index contributed by atoms with van der Waals surface area (Å²) < 4.78 is 5.33. The second-order valence-electron chi connectivity index (χ2n) is 6.46. The van der Waals surface area contributed by atoms with Crippen LogP contribution in [0.15, 0.2) is 64.3 Å². The SMILES string of the molecule is CC(=O)Nc1ccc(C(=O)C(C)OC(=O)c2ccc(SCc3cscn3)cc2)cc1. The Balaban J connectivity index is 1.55. The van der Waals surface area contributed by atoms with Gasteiger partial charge in [-0.05, 0) is 55.5 Å². The van der Waals surface area contributed by atoms with Crippen molar-refractivity contribution in [2.45, 2.75) is 30.6 Å². The summed E-state index contributed by atoms with van der Waals surface area (Å²) in [5, 5.41) is 4.64. The van der Waals surface area contributed by atoms with Gasteiger partial charge in [0.2, 0.25) is 11.7 Å². The van der Waals surface area contributed by atoms with E-state index in [2.05, 4.69) is 10.3 Å². The molecular formula is C22H20N2O4S2. The summed E-state index contributed by atoms with van der Waals surface area (Å²) in [5.41, 5.74) is 4.20. The third-order valence-electron chi connectivity index (χ3n) is 4.10. The topological polar surface area (TPSA) is 85.4 Å². The fraction of sp³-hybridized carbons (Fsp3) is 0.182. The van der Waals surface area contributed by atoms with E-state index >= 15 is 0 Å². The van der Waals surface area contributed by atoms with E-state index < -0.39 is 12.1 Å². The van der Waals surface area contributed by atoms with E-state index in [4.69, 9.17) is 4.74 Å². The number of hydrogen-bond acceptors (Lipinski definition) is 7. The number of carbonyl (C=O) groups is 3. The fourth-order valence-corrected chi connectivity index (χ4v) is 4.06. The molecule has 1 N–H and O–H groups in total. The number of aromatic nitrogens is 1. The van der Waals surface area contributed by atoms with Crippen molar-refractivity contribution in [3.8, 4) is 0 Å². The van der Waals surface area contributed by atoms with Gasteiger partial charge in [-0.1, -0.05) is 0 Å². The first kappa shape index (κ1) is 21.7. The highest BCUT2D eigenvalue weighted by Crippen LogP contribution is 2.23. The smallest absolute Gasteiger partial charge is 0.338 e. The van der Waals surface area contributed by atoms with E-state index in [9.17, 15) is 14.4 Å². The predicted octanol–water partition coefficient (Wildman–Crippen LogP) is 4.82. The third-order valence-corrected chi connectivity index (χ3v) is 5.78. The third kappa shape index (κ3) is 6.01. The molecule has 0 aliphatic carbocycles. The van der Waals surface area contributed by atoms with Crippen LogP contribution in [-0.2, 0) is 15.3 Å². The van der Waals surface area contributed by atoms with Crippen molar-refractivity contribution in [1.82, 2.24) is 4.98 Å². The molecule has 0 aliphatic heterocycles. The van der Waals surface area contributed by atoms with E-state index in [-0.39, 0.29) is 11.7 Å². The zero-order valence-corrected chi connectivity index (χ0v) is 18.1. The molecule has 154 valence electrons. The molecule has 1 aromatic heterocycles. The Morgan fingerprint density at radius 3 is 2.33 bits per heavy atom. The molecule has 1 unspecified atom stereocenters. The molecule has 0 radical (unpaired) electrons. The van der Waals surface area contributed by atoms with E-state index in [1.165, 1.54) is 6.92 Å². The summed E-state index contributed by atoms with van der Waals surface area (Å²) in [5.74, 6) is -0.293. The summed E-state index contributed by atoms with van der Waals surface area (Å²) in [4.78, 5) is 41.2. The Labute approximate surface area is 182 Å². The van der Waals surface area contributed by atoms with Crippen LogP contribution in [0.2, 0.25) is 0 Å². The van der Waals surface area contributed by atoms with Gasteiger partial charge in [-0.3, -0.25) is 9.59 Å². The molecule has 0 saturated carbocycles. The summed E-state index contributed by atoms with van der Waals surface area (Å²) >= 11 is 3.19. The maximum atomic E-state index is 12.5. The van der Waals surface area contributed by atoms with Gasteiger partial charge in [0.25, 0.3) is 0 Å². The molecule has 2 aromatic carbocycles. The van der Waals surface area contributed by atoms with E-state index in [0.717, 1.165) is 16.3 Å². The summed E-state index contributed by atoms with van der Waals surface area (Å²) in [7, 11) is 0. The number of rotatable bonds is 8. The van der Waals surface area contributed by atoms with Gasteiger partial charge in [-0.2, -0.15) is 0 Å². The van der Waals surface area contributed by atoms with Gasteiger partial charge < -0.3 is 10.1 Å². The van der Waals surface area contributed by atoms with Crippen molar-refractivity contribution in [3.05, 3.63) is 76.2 Å². The van der Waals surface area contributed by atoms with Crippen LogP contribution in [0.1, 0.15) is 40.3 Å². The molecule has 3 rings (SSSR count). The predicted molar refractivity (Wildman–Crippen MR) is 118 cm³/mol. The average Bonchev–Trinajstić information content (AvgIpc) is 3.26. The molecule has 1 amide bonds. The van der Waals surface area contributed by atoms with E-state index in [1.807, 2.05) is 17.5 Å². The lowest BCUT2D eigenvalue weighted by Crippen LogP contribution is -2.24. The minimum atomic E-state index is -0.928. The summed E-state index contributed by atoms with van der Waals surface area (Å²) in [6.45, 7) is 2.95. The van der Waals surface area contributed by atoms with Crippen LogP contribution in [0.4, 0.5) is 5.69 Å². The van der Waals surface area contributed by atoms with Crippen LogP contribution in [-0.4, -0.2) is 28.7 Å². The van der Waals surface area contributed by atoms with E-state index in [0.29, 0.717) is 16.8 Å². The summed E-state index contributed by atoms with van der Waals surface area (Å²) in [6, 6.07) is 13.5. The highest BCUT2D eigenvalue weighted by atomic mass is 32.2. The van der Waals surface area contributed by atoms with Crippen LogP contribution >= 0.6 is 23.1 Å². The first-order valence-electron chi connectivity index (χ1n) is 9.15. The molecule has 1 heterocycles. The van der Waals surface area contributed by atoms with Gasteiger partial charge in [0.05, 0.1) is 16.8 Å². The number of esters is 1. The number of ketones is 1. The molecular weight excluding hydrogens is 420 g/mol. The second-order valence-corrected chi connectivity index (χ2v) is 8.23. The molecule has 0 bridgehead atoms. The van der Waals surface area contributed by atoms with Gasteiger partial charge in [-0.25, -0.2) is 9.78 Å². The van der Waals surface area contributed by atoms with Crippen molar-refractivity contribution < 1.29 is 19.1 Å². The van der Waals surface area contributed by atoms with Crippen LogP contribution in [0, 0.1) is 0 Å². The molecule has 3 aromatic rings. The maximum Gasteiger partial charge on any atom is 0.338 e. The van der Waals surface area contributed by atoms with E-state index in [1.54, 1.807) is 71.9 Å². The molecule has 1 atom stereocenters. The van der Waals surface area contributed by atoms with Gasteiger partial charge in [-0.15, -0.1) is 23.1 Å². The average molecular weight is 441 g/mol. The maximum absolute atomic E-state index is 12.5. The fourth-order valence-electron chi connectivity index (χ4n) is 2.59. The molecule has 0 spiro atoms. The second kappa shape index (κ2) is 10.2. The summed E-state index contributed by atoms with van der Waals surface area (Å²) in [6.07, 6.45) is -0.928. The lowest BCUT2D eigenvalue weighted by atomic mass is 10.1. The van der Waals surface area contributed by atoms with Crippen LogP contribution in [0.25, 0.3) is 0 Å². The largest absolute Gasteiger partial charge is 0.451 e. The first-order chi connectivity index (χ1) is 14.4. The molecule has 8 heteroatoms. The van der Waals surface area contributed by atoms with Crippen LogP contribution in [0.5, 0.6) is 0 Å². The molecule has 6 nitrogen and oxygen atoms in total. The van der Waals surface area contributed by atoms with Crippen molar-refractivity contribution in [3.63, 3.8) is 0 Å². The zero-order chi connectivity index (χ0) is 21.5. The number of amides is 1. The molecule has 0 saturated heterocycles. The van der Waals surface area contributed by atoms with Gasteiger partial charge >= 0.3 is 5.97 Å². The van der Waals surface area contributed by atoms with Gasteiger partial charge in [0.1, 0.15) is 0 Å². The van der Waals surface area contributed by atoms with Gasteiger partial charge in [0.15, 0.2) is 6.10 Å². The van der Waals surface area contributed by atoms with Crippen molar-refractivity contribution >= 4 is 46.4 Å². The Morgan fingerprint density at radius 1 is 1.07 bits per heavy atom. The normalized spacial score (nSPS) is 11.5. The Kier molecular flexibility index (Phi) is 7.37. The number of anilines is 1. The lowest BCUT2D eigenvalue weighted by Gasteiger charge is -2.13. The number of ether oxygens (including phenoxy) is 1. The number of nitrogens with zero attached hydrogens (tertiary/aromatic N) is 1. The lowest BCUT2D eigenvalue weighted by molar-refractivity contribution is -0.114. The first-order valence-corrected chi connectivity index (χ1v) is 11.1. The molecule has 0 aliphatic rings. The quantitative estimate of drug-likeness (QED) is 0.307. The number of thiazole rings is 1. The standard InChI is InChI=1S/C22H20N2O4S2/c1-14(21(26)16-3-7-18(8-4-16)24-15(2)25)28-22(27)17-5-9-20(10-6-17)30-12-19-11-29-13-23-19/h3-11,13-14H,12H2,1-2H3,(H,24,25). The number of hydrogen-bond donors (Lipinski definition) is 1. The Bertz CT molecular complexity index is 1020. The van der Waals surface area contributed by atoms with Crippen LogP contribution in [0.3, 0.4) is 0 Å². The number of carbonyl (C=O) groups excluding carboxylic acids is 3. The number of nitrogens with one attached hydrogen (secondary N) is 1. The van der Waals surface area contributed by atoms with Crippen molar-refractivity contribution in [2.24, 2.45) is 0 Å². The minimum Gasteiger partial charge on any atom is -0.451 e. The zero-order valence-electron chi connectivity index (χ0n) is 16.5. The van der Waals surface area contributed by atoms with Crippen LogP contribution < -0.4 is 5.32 Å². The Hall–Kier alpha value is -2.97. The van der Waals surface area contributed by atoms with Crippen molar-refractivity contribution in [2.75, 3.05) is 5.32 Å². The number of Topliss-reactive ketones (excluding diaryl/α,β-unsaturated/α-hetero) is 1. The molecule has 0 fully saturated rings. The highest BCUT2D eigenvalue weighted by molar-refractivity contribution is 7.98. The number of benzene rings is 2. The highest BCUT2D eigenvalue weighted by Gasteiger charge is 2.20. The molecule has 30 heavy (non-hydrogen) atoms. The van der Waals surface area contributed by atoms with Gasteiger partial charge in [0, 0.05) is 34.2 Å².